The van der Waals surface area contributed by atoms with Crippen molar-refractivity contribution in [3.05, 3.63) is 0 Å². The van der Waals surface area contributed by atoms with E-state index in [9.17, 15) is 14.7 Å². The van der Waals surface area contributed by atoms with Crippen LogP contribution in [0.2, 0.25) is 0 Å². The van der Waals surface area contributed by atoms with Crippen LogP contribution < -0.4 is 0 Å². The lowest BCUT2D eigenvalue weighted by Gasteiger charge is -2.24. The molecule has 2 N–H and O–H groups in total. The molecule has 0 heterocycles. The van der Waals surface area contributed by atoms with Crippen LogP contribution in [0.25, 0.3) is 0 Å². The molecule has 0 radical (unpaired) electrons. The van der Waals surface area contributed by atoms with Crippen molar-refractivity contribution >= 4 is 11.9 Å². The Morgan fingerprint density at radius 2 is 2.00 bits per heavy atom. The number of aliphatic hydroxyl groups is 1. The molecule has 0 fully saturated rings. The number of aliphatic carboxylic acids is 1. The molecule has 82 valence electrons. The highest BCUT2D eigenvalue weighted by molar-refractivity contribution is 5.68. The molecule has 2 unspecified atom stereocenters. The third kappa shape index (κ3) is 6.42. The summed E-state index contributed by atoms with van der Waals surface area (Å²) < 4.78 is 4.78. The standard InChI is InChI=1S/C9H16O5/c1-6(14-7(2)10)4-9(3,13)5-8(11)12/h6,13H,4-5H2,1-3H3,(H,11,12). The van der Waals surface area contributed by atoms with Crippen molar-refractivity contribution in [3.63, 3.8) is 0 Å². The molecule has 0 aliphatic carbocycles. The summed E-state index contributed by atoms with van der Waals surface area (Å²) >= 11 is 0. The highest BCUT2D eigenvalue weighted by Gasteiger charge is 2.27. The van der Waals surface area contributed by atoms with Gasteiger partial charge in [0.25, 0.3) is 0 Å². The van der Waals surface area contributed by atoms with E-state index in [2.05, 4.69) is 0 Å². The quantitative estimate of drug-likeness (QED) is 0.639. The molecule has 0 spiro atoms. The average molecular weight is 204 g/mol. The van der Waals surface area contributed by atoms with Crippen LogP contribution in [0.15, 0.2) is 0 Å². The number of hydrogen-bond donors (Lipinski definition) is 2. The molecule has 0 aromatic carbocycles. The predicted molar refractivity (Wildman–Crippen MR) is 48.7 cm³/mol. The van der Waals surface area contributed by atoms with Crippen molar-refractivity contribution in [3.8, 4) is 0 Å². The number of esters is 1. The van der Waals surface area contributed by atoms with Gasteiger partial charge in [0, 0.05) is 13.3 Å². The van der Waals surface area contributed by atoms with Crippen LogP contribution in [0.3, 0.4) is 0 Å². The number of ether oxygens (including phenoxy) is 1. The maximum atomic E-state index is 10.5. The second-order valence-corrected chi connectivity index (χ2v) is 3.69. The number of carboxylic acid groups (broad SMARTS) is 1. The second kappa shape index (κ2) is 4.95. The van der Waals surface area contributed by atoms with E-state index in [-0.39, 0.29) is 12.8 Å². The molecule has 0 aliphatic heterocycles. The Hall–Kier alpha value is -1.10. The van der Waals surface area contributed by atoms with Crippen LogP contribution in [-0.4, -0.2) is 33.9 Å². The molecular weight excluding hydrogens is 188 g/mol. The second-order valence-electron chi connectivity index (χ2n) is 3.69. The zero-order chi connectivity index (χ0) is 11.4. The van der Waals surface area contributed by atoms with Gasteiger partial charge in [0.2, 0.25) is 0 Å². The lowest BCUT2D eigenvalue weighted by molar-refractivity contribution is -0.149. The van der Waals surface area contributed by atoms with E-state index in [4.69, 9.17) is 9.84 Å². The normalized spacial score (nSPS) is 16.9. The lowest BCUT2D eigenvalue weighted by Crippen LogP contribution is -2.33. The number of carbonyl (C=O) groups excluding carboxylic acids is 1. The largest absolute Gasteiger partial charge is 0.481 e. The first-order chi connectivity index (χ1) is 6.23. The van der Waals surface area contributed by atoms with Gasteiger partial charge >= 0.3 is 11.9 Å². The van der Waals surface area contributed by atoms with E-state index in [0.717, 1.165) is 0 Å². The van der Waals surface area contributed by atoms with Gasteiger partial charge in [-0.25, -0.2) is 0 Å². The molecular formula is C9H16O5. The van der Waals surface area contributed by atoms with Crippen molar-refractivity contribution in [2.24, 2.45) is 0 Å². The van der Waals surface area contributed by atoms with Crippen molar-refractivity contribution < 1.29 is 24.5 Å². The van der Waals surface area contributed by atoms with Gasteiger partial charge in [-0.15, -0.1) is 0 Å². The summed E-state index contributed by atoms with van der Waals surface area (Å²) in [4.78, 5) is 20.9. The van der Waals surface area contributed by atoms with Gasteiger partial charge in [-0.2, -0.15) is 0 Å². The maximum Gasteiger partial charge on any atom is 0.306 e. The number of hydrogen-bond acceptors (Lipinski definition) is 4. The van der Waals surface area contributed by atoms with Gasteiger partial charge in [0.15, 0.2) is 0 Å². The summed E-state index contributed by atoms with van der Waals surface area (Å²) in [5.74, 6) is -1.52. The Bertz CT molecular complexity index is 221. The van der Waals surface area contributed by atoms with Crippen LogP contribution in [-0.2, 0) is 14.3 Å². The summed E-state index contributed by atoms with van der Waals surface area (Å²) in [5, 5.41) is 18.1. The van der Waals surface area contributed by atoms with Gasteiger partial charge in [-0.3, -0.25) is 9.59 Å². The first-order valence-corrected chi connectivity index (χ1v) is 4.34. The summed E-state index contributed by atoms with van der Waals surface area (Å²) in [6.45, 7) is 4.28. The summed E-state index contributed by atoms with van der Waals surface area (Å²) in [6.07, 6.45) is -0.737. The van der Waals surface area contributed by atoms with E-state index in [1.54, 1.807) is 6.92 Å². The maximum absolute atomic E-state index is 10.5. The molecule has 0 aliphatic rings. The lowest BCUT2D eigenvalue weighted by atomic mass is 9.95. The SMILES string of the molecule is CC(=O)OC(C)CC(C)(O)CC(=O)O. The van der Waals surface area contributed by atoms with Crippen molar-refractivity contribution in [2.75, 3.05) is 0 Å². The molecule has 5 nitrogen and oxygen atoms in total. The molecule has 0 amide bonds. The molecule has 0 aromatic rings. The van der Waals surface area contributed by atoms with Crippen molar-refractivity contribution in [1.82, 2.24) is 0 Å². The fourth-order valence-electron chi connectivity index (χ4n) is 1.34. The average Bonchev–Trinajstić information content (AvgIpc) is 1.77. The summed E-state index contributed by atoms with van der Waals surface area (Å²) in [7, 11) is 0. The molecule has 0 saturated heterocycles. The van der Waals surface area contributed by atoms with Crippen molar-refractivity contribution in [2.45, 2.75) is 45.3 Å². The zero-order valence-corrected chi connectivity index (χ0v) is 8.61. The molecule has 0 rings (SSSR count). The van der Waals surface area contributed by atoms with Crippen LogP contribution in [0.5, 0.6) is 0 Å². The van der Waals surface area contributed by atoms with Gasteiger partial charge < -0.3 is 14.9 Å². The Balaban J connectivity index is 4.07. The number of rotatable bonds is 5. The molecule has 5 heteroatoms. The molecule has 0 bridgehead atoms. The minimum Gasteiger partial charge on any atom is -0.481 e. The third-order valence-corrected chi connectivity index (χ3v) is 1.63. The Labute approximate surface area is 82.7 Å². The first kappa shape index (κ1) is 12.9. The first-order valence-electron chi connectivity index (χ1n) is 4.34. The van der Waals surface area contributed by atoms with Crippen LogP contribution in [0.1, 0.15) is 33.6 Å². The highest BCUT2D eigenvalue weighted by atomic mass is 16.5. The molecule has 0 aromatic heterocycles. The predicted octanol–water partition coefficient (Wildman–Crippen LogP) is 0.554. The number of carboxylic acids is 1. The Kier molecular flexibility index (Phi) is 4.56. The highest BCUT2D eigenvalue weighted by Crippen LogP contribution is 2.18. The third-order valence-electron chi connectivity index (χ3n) is 1.63. The minimum absolute atomic E-state index is 0.110. The topological polar surface area (TPSA) is 83.8 Å². The smallest absolute Gasteiger partial charge is 0.306 e. The van der Waals surface area contributed by atoms with E-state index in [1.165, 1.54) is 13.8 Å². The van der Waals surface area contributed by atoms with Crippen LogP contribution in [0.4, 0.5) is 0 Å². The van der Waals surface area contributed by atoms with E-state index >= 15 is 0 Å². The monoisotopic (exact) mass is 204 g/mol. The van der Waals surface area contributed by atoms with Crippen LogP contribution in [0, 0.1) is 0 Å². The summed E-state index contributed by atoms with van der Waals surface area (Å²) in [6, 6.07) is 0. The Morgan fingerprint density at radius 1 is 1.50 bits per heavy atom. The van der Waals surface area contributed by atoms with Gasteiger partial charge in [0.1, 0.15) is 6.10 Å². The fourth-order valence-corrected chi connectivity index (χ4v) is 1.34. The Morgan fingerprint density at radius 3 is 2.36 bits per heavy atom. The molecule has 14 heavy (non-hydrogen) atoms. The fraction of sp³-hybridized carbons (Fsp3) is 0.778. The van der Waals surface area contributed by atoms with Gasteiger partial charge in [-0.05, 0) is 13.8 Å². The summed E-state index contributed by atoms with van der Waals surface area (Å²) in [5.41, 5.74) is -1.35. The van der Waals surface area contributed by atoms with Gasteiger partial charge in [0.05, 0.1) is 12.0 Å². The van der Waals surface area contributed by atoms with Crippen LogP contribution >= 0.6 is 0 Å². The van der Waals surface area contributed by atoms with E-state index in [1.807, 2.05) is 0 Å². The molecule has 2 atom stereocenters. The zero-order valence-electron chi connectivity index (χ0n) is 8.61. The molecule has 0 saturated carbocycles. The number of carbonyl (C=O) groups is 2. The minimum atomic E-state index is -1.35. The van der Waals surface area contributed by atoms with Gasteiger partial charge in [-0.1, -0.05) is 0 Å². The van der Waals surface area contributed by atoms with E-state index < -0.39 is 23.6 Å². The van der Waals surface area contributed by atoms with E-state index in [0.29, 0.717) is 0 Å². The van der Waals surface area contributed by atoms with Crippen molar-refractivity contribution in [1.29, 1.82) is 0 Å².